The molecule has 0 fully saturated rings. The van der Waals surface area contributed by atoms with Gasteiger partial charge >= 0.3 is 0 Å². The van der Waals surface area contributed by atoms with E-state index in [1.54, 1.807) is 18.2 Å². The highest BCUT2D eigenvalue weighted by Crippen LogP contribution is 2.22. The van der Waals surface area contributed by atoms with Crippen LogP contribution in [-0.2, 0) is 4.79 Å². The zero-order valence-electron chi connectivity index (χ0n) is 13.5. The third-order valence-electron chi connectivity index (χ3n) is 3.24. The Morgan fingerprint density at radius 3 is 2.20 bits per heavy atom. The first-order chi connectivity index (χ1) is 12.1. The molecule has 0 radical (unpaired) electrons. The lowest BCUT2D eigenvalue weighted by Gasteiger charge is -2.10. The van der Waals surface area contributed by atoms with Crippen LogP contribution in [0, 0.1) is 0 Å². The second-order valence-corrected chi connectivity index (χ2v) is 5.74. The summed E-state index contributed by atoms with van der Waals surface area (Å²) in [5.41, 5.74) is 2.40. The number of hydrogen-bond acceptors (Lipinski definition) is 5. The van der Waals surface area contributed by atoms with Gasteiger partial charge in [0.25, 0.3) is 0 Å². The maximum absolute atomic E-state index is 11.2. The second kappa shape index (κ2) is 7.63. The highest BCUT2D eigenvalue weighted by molar-refractivity contribution is 6.30. The second-order valence-electron chi connectivity index (χ2n) is 5.31. The van der Waals surface area contributed by atoms with Crippen molar-refractivity contribution < 1.29 is 4.79 Å². The maximum atomic E-state index is 11.2. The van der Waals surface area contributed by atoms with Crippen LogP contribution in [0.2, 0.25) is 5.02 Å². The van der Waals surface area contributed by atoms with Crippen LogP contribution in [-0.4, -0.2) is 15.9 Å². The summed E-state index contributed by atoms with van der Waals surface area (Å²) in [6, 6.07) is 16.5. The summed E-state index contributed by atoms with van der Waals surface area (Å²) in [6.45, 7) is 1.47. The summed E-state index contributed by atoms with van der Waals surface area (Å²) in [4.78, 5) is 19.6. The van der Waals surface area contributed by atoms with Gasteiger partial charge in [-0.1, -0.05) is 17.7 Å². The van der Waals surface area contributed by atoms with E-state index in [9.17, 15) is 4.79 Å². The molecule has 0 aliphatic heterocycles. The summed E-state index contributed by atoms with van der Waals surface area (Å²) in [7, 11) is 0. The molecule has 3 N–H and O–H groups in total. The molecule has 126 valence electrons. The van der Waals surface area contributed by atoms with Crippen molar-refractivity contribution in [2.24, 2.45) is 0 Å². The maximum Gasteiger partial charge on any atom is 0.221 e. The Morgan fingerprint density at radius 2 is 1.52 bits per heavy atom. The highest BCUT2D eigenvalue weighted by atomic mass is 35.5. The molecule has 6 nitrogen and oxygen atoms in total. The Morgan fingerprint density at radius 1 is 0.880 bits per heavy atom. The Kier molecular flexibility index (Phi) is 5.11. The van der Waals surface area contributed by atoms with Crippen LogP contribution in [0.15, 0.2) is 60.9 Å². The highest BCUT2D eigenvalue weighted by Gasteiger charge is 2.02. The number of amides is 1. The van der Waals surface area contributed by atoms with Gasteiger partial charge in [-0.15, -0.1) is 0 Å². The molecule has 3 rings (SSSR count). The minimum Gasteiger partial charge on any atom is -0.340 e. The number of aromatic nitrogens is 2. The molecule has 0 unspecified atom stereocenters. The predicted molar refractivity (Wildman–Crippen MR) is 101 cm³/mol. The molecule has 25 heavy (non-hydrogen) atoms. The summed E-state index contributed by atoms with van der Waals surface area (Å²) in [6.07, 6.45) is 1.47. The molecule has 1 aromatic heterocycles. The van der Waals surface area contributed by atoms with Gasteiger partial charge in [0.15, 0.2) is 0 Å². The zero-order chi connectivity index (χ0) is 17.6. The molecule has 0 saturated carbocycles. The summed E-state index contributed by atoms with van der Waals surface area (Å²) >= 11 is 5.88. The normalized spacial score (nSPS) is 10.2. The number of benzene rings is 2. The Balaban J connectivity index is 1.73. The van der Waals surface area contributed by atoms with E-state index in [-0.39, 0.29) is 5.91 Å². The van der Waals surface area contributed by atoms with Crippen molar-refractivity contribution >= 4 is 46.2 Å². The smallest absolute Gasteiger partial charge is 0.221 e. The van der Waals surface area contributed by atoms with Gasteiger partial charge < -0.3 is 16.0 Å². The van der Waals surface area contributed by atoms with Crippen LogP contribution in [0.3, 0.4) is 0 Å². The Labute approximate surface area is 150 Å². The molecular formula is C18H16ClN5O. The number of nitrogens with one attached hydrogen (secondary N) is 3. The van der Waals surface area contributed by atoms with E-state index >= 15 is 0 Å². The molecule has 0 aliphatic carbocycles. The average molecular weight is 354 g/mol. The van der Waals surface area contributed by atoms with Crippen molar-refractivity contribution in [2.75, 3.05) is 16.0 Å². The van der Waals surface area contributed by atoms with Crippen LogP contribution in [0.5, 0.6) is 0 Å². The molecule has 7 heteroatoms. The Hall–Kier alpha value is -3.12. The van der Waals surface area contributed by atoms with Crippen molar-refractivity contribution in [2.45, 2.75) is 6.92 Å². The number of carbonyl (C=O) groups excluding carboxylic acids is 1. The van der Waals surface area contributed by atoms with Gasteiger partial charge in [-0.3, -0.25) is 4.79 Å². The van der Waals surface area contributed by atoms with Crippen molar-refractivity contribution in [3.8, 4) is 0 Å². The molecular weight excluding hydrogens is 338 g/mol. The summed E-state index contributed by atoms with van der Waals surface area (Å²) in [5, 5.41) is 9.80. The van der Waals surface area contributed by atoms with Crippen LogP contribution in [0.4, 0.5) is 28.7 Å². The van der Waals surface area contributed by atoms with E-state index in [0.29, 0.717) is 22.3 Å². The first kappa shape index (κ1) is 16.7. The SMILES string of the molecule is CC(=O)Nc1cccc(Nc2cc(Nc3ccc(Cl)cc3)ncn2)c1. The van der Waals surface area contributed by atoms with E-state index in [1.807, 2.05) is 36.4 Å². The van der Waals surface area contributed by atoms with Crippen LogP contribution in [0.1, 0.15) is 6.92 Å². The third-order valence-corrected chi connectivity index (χ3v) is 3.49. The summed E-state index contributed by atoms with van der Waals surface area (Å²) in [5.74, 6) is 1.16. The topological polar surface area (TPSA) is 78.9 Å². The number of halogens is 1. The predicted octanol–water partition coefficient (Wildman–Crippen LogP) is 4.58. The Bertz CT molecular complexity index is 883. The molecule has 0 saturated heterocycles. The van der Waals surface area contributed by atoms with Gasteiger partial charge in [0.05, 0.1) is 0 Å². The van der Waals surface area contributed by atoms with Crippen LogP contribution < -0.4 is 16.0 Å². The molecule has 1 amide bonds. The molecule has 0 aliphatic rings. The van der Waals surface area contributed by atoms with Gasteiger partial charge in [0, 0.05) is 35.1 Å². The molecule has 2 aromatic carbocycles. The number of rotatable bonds is 5. The van der Waals surface area contributed by atoms with E-state index < -0.39 is 0 Å². The molecule has 0 bridgehead atoms. The molecule has 3 aromatic rings. The molecule has 0 atom stereocenters. The first-order valence-electron chi connectivity index (χ1n) is 7.58. The first-order valence-corrected chi connectivity index (χ1v) is 7.95. The number of carbonyl (C=O) groups is 1. The van der Waals surface area contributed by atoms with Crippen molar-refractivity contribution in [3.05, 3.63) is 65.9 Å². The van der Waals surface area contributed by atoms with Crippen molar-refractivity contribution in [1.82, 2.24) is 9.97 Å². The fourth-order valence-electron chi connectivity index (χ4n) is 2.20. The van der Waals surface area contributed by atoms with Crippen molar-refractivity contribution in [3.63, 3.8) is 0 Å². The van der Waals surface area contributed by atoms with Gasteiger partial charge in [-0.25, -0.2) is 9.97 Å². The molecule has 1 heterocycles. The van der Waals surface area contributed by atoms with E-state index in [0.717, 1.165) is 11.4 Å². The van der Waals surface area contributed by atoms with Crippen LogP contribution >= 0.6 is 11.6 Å². The average Bonchev–Trinajstić information content (AvgIpc) is 2.57. The minimum absolute atomic E-state index is 0.117. The lowest BCUT2D eigenvalue weighted by molar-refractivity contribution is -0.114. The van der Waals surface area contributed by atoms with Crippen molar-refractivity contribution in [1.29, 1.82) is 0 Å². The van der Waals surface area contributed by atoms with Gasteiger partial charge in [-0.05, 0) is 42.5 Å². The van der Waals surface area contributed by atoms with E-state index in [4.69, 9.17) is 11.6 Å². The fourth-order valence-corrected chi connectivity index (χ4v) is 2.33. The standard InChI is InChI=1S/C18H16ClN5O/c1-12(25)22-15-3-2-4-16(9-15)24-18-10-17(20-11-21-18)23-14-7-5-13(19)6-8-14/h2-11H,1H3,(H,22,25)(H2,20,21,23,24). The van der Waals surface area contributed by atoms with E-state index in [2.05, 4.69) is 25.9 Å². The molecule has 0 spiro atoms. The minimum atomic E-state index is -0.117. The number of nitrogens with zero attached hydrogens (tertiary/aromatic N) is 2. The van der Waals surface area contributed by atoms with Gasteiger partial charge in [0.2, 0.25) is 5.91 Å². The van der Waals surface area contributed by atoms with Gasteiger partial charge in [0.1, 0.15) is 18.0 Å². The number of hydrogen-bond donors (Lipinski definition) is 3. The summed E-state index contributed by atoms with van der Waals surface area (Å²) < 4.78 is 0. The lowest BCUT2D eigenvalue weighted by atomic mass is 10.2. The third kappa shape index (κ3) is 4.92. The van der Waals surface area contributed by atoms with Crippen LogP contribution in [0.25, 0.3) is 0 Å². The monoisotopic (exact) mass is 353 g/mol. The quantitative estimate of drug-likeness (QED) is 0.626. The van der Waals surface area contributed by atoms with E-state index in [1.165, 1.54) is 13.3 Å². The number of anilines is 5. The van der Waals surface area contributed by atoms with Gasteiger partial charge in [-0.2, -0.15) is 0 Å². The largest absolute Gasteiger partial charge is 0.340 e. The zero-order valence-corrected chi connectivity index (χ0v) is 14.2. The fraction of sp³-hybridized carbons (Fsp3) is 0.0556. The lowest BCUT2D eigenvalue weighted by Crippen LogP contribution is -2.06.